The molecule has 0 unspecified atom stereocenters. The van der Waals surface area contributed by atoms with E-state index in [4.69, 9.17) is 14.2 Å². The van der Waals surface area contributed by atoms with E-state index in [9.17, 15) is 4.79 Å². The van der Waals surface area contributed by atoms with Gasteiger partial charge in [0.1, 0.15) is 5.75 Å². The predicted molar refractivity (Wildman–Crippen MR) is 102 cm³/mol. The molecule has 0 atom stereocenters. The number of methoxy groups -OCH3 is 1. The van der Waals surface area contributed by atoms with Crippen molar-refractivity contribution in [1.29, 1.82) is 0 Å². The van der Waals surface area contributed by atoms with E-state index < -0.39 is 0 Å². The van der Waals surface area contributed by atoms with E-state index in [1.54, 1.807) is 7.11 Å². The van der Waals surface area contributed by atoms with Crippen LogP contribution in [0.25, 0.3) is 0 Å². The van der Waals surface area contributed by atoms with Crippen LogP contribution in [0, 0.1) is 13.8 Å². The van der Waals surface area contributed by atoms with Gasteiger partial charge in [-0.15, -0.1) is 0 Å². The first-order valence-corrected chi connectivity index (χ1v) is 8.69. The summed E-state index contributed by atoms with van der Waals surface area (Å²) in [5, 5.41) is 2.85. The summed E-state index contributed by atoms with van der Waals surface area (Å²) in [4.78, 5) is 12.0. The van der Waals surface area contributed by atoms with Crippen LogP contribution in [-0.2, 0) is 11.3 Å². The van der Waals surface area contributed by atoms with E-state index in [0.717, 1.165) is 11.1 Å². The molecule has 0 saturated heterocycles. The standard InChI is InChI=1S/C21H27NO4/c1-14(2)26-19-9-7-17(11-20(19)24-5)12-22-21(23)13-25-18-8-6-15(3)16(4)10-18/h6-11,14H,12-13H2,1-5H3,(H,22,23). The van der Waals surface area contributed by atoms with E-state index in [1.807, 2.05) is 64.1 Å². The van der Waals surface area contributed by atoms with Crippen molar-refractivity contribution in [2.45, 2.75) is 40.3 Å². The first-order chi connectivity index (χ1) is 12.4. The molecule has 0 aliphatic carbocycles. The molecule has 0 aliphatic heterocycles. The highest BCUT2D eigenvalue weighted by atomic mass is 16.5. The van der Waals surface area contributed by atoms with Crippen molar-refractivity contribution >= 4 is 5.91 Å². The highest BCUT2D eigenvalue weighted by molar-refractivity contribution is 5.77. The summed E-state index contributed by atoms with van der Waals surface area (Å²) in [6, 6.07) is 11.4. The van der Waals surface area contributed by atoms with Crippen molar-refractivity contribution < 1.29 is 19.0 Å². The van der Waals surface area contributed by atoms with Crippen molar-refractivity contribution in [3.8, 4) is 17.2 Å². The van der Waals surface area contributed by atoms with Crippen LogP contribution < -0.4 is 19.5 Å². The molecular formula is C21H27NO4. The quantitative estimate of drug-likeness (QED) is 0.781. The summed E-state index contributed by atoms with van der Waals surface area (Å²) in [6.07, 6.45) is 0.0667. The number of benzene rings is 2. The average Bonchev–Trinajstić information content (AvgIpc) is 2.61. The molecule has 26 heavy (non-hydrogen) atoms. The van der Waals surface area contributed by atoms with Crippen molar-refractivity contribution in [2.24, 2.45) is 0 Å². The van der Waals surface area contributed by atoms with Crippen LogP contribution >= 0.6 is 0 Å². The number of rotatable bonds is 8. The lowest BCUT2D eigenvalue weighted by Crippen LogP contribution is -2.28. The first kappa shape index (κ1) is 19.6. The Balaban J connectivity index is 1.87. The zero-order valence-electron chi connectivity index (χ0n) is 16.1. The Hall–Kier alpha value is -2.69. The number of amides is 1. The highest BCUT2D eigenvalue weighted by Gasteiger charge is 2.09. The predicted octanol–water partition coefficient (Wildman–Crippen LogP) is 3.79. The normalized spacial score (nSPS) is 10.5. The van der Waals surface area contributed by atoms with Crippen LogP contribution in [0.1, 0.15) is 30.5 Å². The number of hydrogen-bond acceptors (Lipinski definition) is 4. The fourth-order valence-electron chi connectivity index (χ4n) is 2.38. The minimum absolute atomic E-state index is 0.0197. The number of carbonyl (C=O) groups is 1. The number of hydrogen-bond donors (Lipinski definition) is 1. The second-order valence-electron chi connectivity index (χ2n) is 6.46. The molecule has 2 aromatic rings. The Kier molecular flexibility index (Phi) is 6.89. The van der Waals surface area contributed by atoms with E-state index in [0.29, 0.717) is 23.8 Å². The molecule has 2 rings (SSSR count). The molecule has 0 bridgehead atoms. The third-order valence-electron chi connectivity index (χ3n) is 3.93. The minimum atomic E-state index is -0.176. The average molecular weight is 357 g/mol. The molecule has 5 nitrogen and oxygen atoms in total. The van der Waals surface area contributed by atoms with Gasteiger partial charge >= 0.3 is 0 Å². The first-order valence-electron chi connectivity index (χ1n) is 8.69. The van der Waals surface area contributed by atoms with Gasteiger partial charge in [-0.05, 0) is 68.7 Å². The molecule has 0 aliphatic rings. The van der Waals surface area contributed by atoms with E-state index in [1.165, 1.54) is 5.56 Å². The second-order valence-corrected chi connectivity index (χ2v) is 6.46. The van der Waals surface area contributed by atoms with Gasteiger partial charge in [0.25, 0.3) is 5.91 Å². The maximum absolute atomic E-state index is 12.0. The van der Waals surface area contributed by atoms with Gasteiger partial charge in [-0.2, -0.15) is 0 Å². The van der Waals surface area contributed by atoms with E-state index >= 15 is 0 Å². The Morgan fingerprint density at radius 2 is 1.81 bits per heavy atom. The van der Waals surface area contributed by atoms with Crippen LogP contribution in [0.3, 0.4) is 0 Å². The maximum Gasteiger partial charge on any atom is 0.258 e. The molecule has 1 N–H and O–H groups in total. The summed E-state index contributed by atoms with van der Waals surface area (Å²) in [6.45, 7) is 8.35. The SMILES string of the molecule is COc1cc(CNC(=O)COc2ccc(C)c(C)c2)ccc1OC(C)C. The Bertz CT molecular complexity index is 756. The molecule has 2 aromatic carbocycles. The number of ether oxygens (including phenoxy) is 3. The van der Waals surface area contributed by atoms with Crippen molar-refractivity contribution in [3.05, 3.63) is 53.1 Å². The van der Waals surface area contributed by atoms with Gasteiger partial charge in [-0.1, -0.05) is 12.1 Å². The van der Waals surface area contributed by atoms with Crippen LogP contribution in [-0.4, -0.2) is 25.7 Å². The van der Waals surface area contributed by atoms with Crippen LogP contribution in [0.2, 0.25) is 0 Å². The summed E-state index contributed by atoms with van der Waals surface area (Å²) in [5.41, 5.74) is 3.26. The molecule has 0 spiro atoms. The lowest BCUT2D eigenvalue weighted by Gasteiger charge is -2.15. The van der Waals surface area contributed by atoms with Crippen molar-refractivity contribution in [1.82, 2.24) is 5.32 Å². The number of carbonyl (C=O) groups excluding carboxylic acids is 1. The lowest BCUT2D eigenvalue weighted by molar-refractivity contribution is -0.123. The highest BCUT2D eigenvalue weighted by Crippen LogP contribution is 2.28. The van der Waals surface area contributed by atoms with Gasteiger partial charge in [0.2, 0.25) is 0 Å². The van der Waals surface area contributed by atoms with Crippen molar-refractivity contribution in [3.63, 3.8) is 0 Å². The van der Waals surface area contributed by atoms with E-state index in [2.05, 4.69) is 5.32 Å². The summed E-state index contributed by atoms with van der Waals surface area (Å²) in [7, 11) is 1.60. The maximum atomic E-state index is 12.0. The molecule has 0 heterocycles. The lowest BCUT2D eigenvalue weighted by atomic mass is 10.1. The van der Waals surface area contributed by atoms with Crippen LogP contribution in [0.5, 0.6) is 17.2 Å². The summed E-state index contributed by atoms with van der Waals surface area (Å²) >= 11 is 0. The van der Waals surface area contributed by atoms with E-state index in [-0.39, 0.29) is 18.6 Å². The molecule has 1 amide bonds. The zero-order chi connectivity index (χ0) is 19.1. The third kappa shape index (κ3) is 5.69. The van der Waals surface area contributed by atoms with Gasteiger partial charge in [-0.25, -0.2) is 0 Å². The molecule has 140 valence electrons. The third-order valence-corrected chi connectivity index (χ3v) is 3.93. The van der Waals surface area contributed by atoms with Gasteiger partial charge in [-0.3, -0.25) is 4.79 Å². The smallest absolute Gasteiger partial charge is 0.258 e. The Morgan fingerprint density at radius 3 is 2.46 bits per heavy atom. The van der Waals surface area contributed by atoms with Crippen molar-refractivity contribution in [2.75, 3.05) is 13.7 Å². The Morgan fingerprint density at radius 1 is 1.04 bits per heavy atom. The molecule has 0 fully saturated rings. The van der Waals surface area contributed by atoms with Gasteiger partial charge in [0, 0.05) is 6.54 Å². The molecule has 5 heteroatoms. The van der Waals surface area contributed by atoms with Gasteiger partial charge in [0.15, 0.2) is 18.1 Å². The summed E-state index contributed by atoms with van der Waals surface area (Å²) in [5.74, 6) is 1.86. The van der Waals surface area contributed by atoms with Crippen LogP contribution in [0.15, 0.2) is 36.4 Å². The monoisotopic (exact) mass is 357 g/mol. The van der Waals surface area contributed by atoms with Crippen LogP contribution in [0.4, 0.5) is 0 Å². The topological polar surface area (TPSA) is 56.8 Å². The second kappa shape index (κ2) is 9.13. The Labute approximate surface area is 155 Å². The fourth-order valence-corrected chi connectivity index (χ4v) is 2.38. The van der Waals surface area contributed by atoms with Gasteiger partial charge < -0.3 is 19.5 Å². The molecular weight excluding hydrogens is 330 g/mol. The number of nitrogens with one attached hydrogen (secondary N) is 1. The summed E-state index contributed by atoms with van der Waals surface area (Å²) < 4.78 is 16.6. The van der Waals surface area contributed by atoms with Gasteiger partial charge in [0.05, 0.1) is 13.2 Å². The molecule has 0 saturated carbocycles. The largest absolute Gasteiger partial charge is 0.493 e. The fraction of sp³-hybridized carbons (Fsp3) is 0.381. The minimum Gasteiger partial charge on any atom is -0.493 e. The molecule has 0 radical (unpaired) electrons. The number of aryl methyl sites for hydroxylation is 2. The molecule has 0 aromatic heterocycles. The zero-order valence-corrected chi connectivity index (χ0v) is 16.1.